The first-order chi connectivity index (χ1) is 8.58. The minimum atomic E-state index is 0.651. The average Bonchev–Trinajstić information content (AvgIpc) is 2.30. The van der Waals surface area contributed by atoms with E-state index in [2.05, 4.69) is 37.2 Å². The highest BCUT2D eigenvalue weighted by Gasteiger charge is 2.07. The molecule has 1 nitrogen and oxygen atoms in total. The molecule has 0 heterocycles. The van der Waals surface area contributed by atoms with Gasteiger partial charge in [-0.2, -0.15) is 0 Å². The number of benzene rings is 2. The molecule has 0 aromatic heterocycles. The van der Waals surface area contributed by atoms with Crippen LogP contribution in [0.1, 0.15) is 5.56 Å². The highest BCUT2D eigenvalue weighted by molar-refractivity contribution is 9.11. The van der Waals surface area contributed by atoms with Gasteiger partial charge in [-0.1, -0.05) is 41.4 Å². The normalized spacial score (nSPS) is 10.4. The van der Waals surface area contributed by atoms with E-state index in [0.29, 0.717) is 11.6 Å². The van der Waals surface area contributed by atoms with E-state index in [1.807, 2.05) is 36.4 Å². The third-order valence-electron chi connectivity index (χ3n) is 2.42. The van der Waals surface area contributed by atoms with Gasteiger partial charge in [-0.25, -0.2) is 0 Å². The van der Waals surface area contributed by atoms with Gasteiger partial charge in [-0.05, 0) is 55.6 Å². The molecule has 0 fully saturated rings. The van der Waals surface area contributed by atoms with E-state index in [0.717, 1.165) is 25.2 Å². The first-order valence-electron chi connectivity index (χ1n) is 5.20. The summed E-state index contributed by atoms with van der Waals surface area (Å²) < 4.78 is 1.82. The molecule has 0 spiro atoms. The van der Waals surface area contributed by atoms with E-state index in [1.54, 1.807) is 0 Å². The van der Waals surface area contributed by atoms with Crippen LogP contribution in [0.4, 0.5) is 5.69 Å². The minimum absolute atomic E-state index is 0.651. The molecule has 0 saturated heterocycles. The van der Waals surface area contributed by atoms with E-state index in [4.69, 9.17) is 23.2 Å². The van der Waals surface area contributed by atoms with Crippen molar-refractivity contribution in [3.05, 3.63) is 61.0 Å². The lowest BCUT2D eigenvalue weighted by atomic mass is 10.2. The van der Waals surface area contributed by atoms with Gasteiger partial charge in [0.1, 0.15) is 0 Å². The Morgan fingerprint density at radius 3 is 2.22 bits per heavy atom. The van der Waals surface area contributed by atoms with E-state index >= 15 is 0 Å². The highest BCUT2D eigenvalue weighted by Crippen LogP contribution is 2.34. The molecule has 2 aromatic carbocycles. The van der Waals surface area contributed by atoms with Gasteiger partial charge in [-0.15, -0.1) is 0 Å². The zero-order chi connectivity index (χ0) is 13.1. The summed E-state index contributed by atoms with van der Waals surface area (Å²) in [7, 11) is 0. The van der Waals surface area contributed by atoms with E-state index in [-0.39, 0.29) is 0 Å². The Hall–Kier alpha value is -0.220. The zero-order valence-corrected chi connectivity index (χ0v) is 13.9. The van der Waals surface area contributed by atoms with Crippen LogP contribution >= 0.6 is 55.1 Å². The molecule has 0 radical (unpaired) electrons. The number of nitrogens with one attached hydrogen (secondary N) is 1. The fourth-order valence-corrected chi connectivity index (χ4v) is 3.69. The maximum absolute atomic E-state index is 6.11. The smallest absolute Gasteiger partial charge is 0.0632 e. The summed E-state index contributed by atoms with van der Waals surface area (Å²) in [6.45, 7) is 0.651. The highest BCUT2D eigenvalue weighted by atomic mass is 79.9. The van der Waals surface area contributed by atoms with Crippen molar-refractivity contribution in [3.63, 3.8) is 0 Å². The number of hydrogen-bond acceptors (Lipinski definition) is 1. The molecule has 0 amide bonds. The van der Waals surface area contributed by atoms with Crippen molar-refractivity contribution < 1.29 is 0 Å². The third-order valence-corrected chi connectivity index (χ3v) is 4.26. The SMILES string of the molecule is Clc1cc(Br)c(NCc2ccccc2Cl)c(Br)c1. The first-order valence-corrected chi connectivity index (χ1v) is 7.54. The van der Waals surface area contributed by atoms with Crippen molar-refractivity contribution >= 4 is 60.7 Å². The second-order valence-electron chi connectivity index (χ2n) is 3.69. The van der Waals surface area contributed by atoms with E-state index < -0.39 is 0 Å². The van der Waals surface area contributed by atoms with Crippen LogP contribution in [0.15, 0.2) is 45.3 Å². The Balaban J connectivity index is 2.19. The molecule has 18 heavy (non-hydrogen) atoms. The lowest BCUT2D eigenvalue weighted by molar-refractivity contribution is 1.14. The van der Waals surface area contributed by atoms with Gasteiger partial charge < -0.3 is 5.32 Å². The van der Waals surface area contributed by atoms with Crippen LogP contribution in [-0.4, -0.2) is 0 Å². The zero-order valence-electron chi connectivity index (χ0n) is 9.18. The fraction of sp³-hybridized carbons (Fsp3) is 0.0769. The monoisotopic (exact) mass is 407 g/mol. The Morgan fingerprint density at radius 2 is 1.61 bits per heavy atom. The molecule has 0 bridgehead atoms. The van der Waals surface area contributed by atoms with Crippen LogP contribution < -0.4 is 5.32 Å². The lowest BCUT2D eigenvalue weighted by Gasteiger charge is -2.12. The van der Waals surface area contributed by atoms with Gasteiger partial charge in [0.2, 0.25) is 0 Å². The molecule has 2 rings (SSSR count). The Bertz CT molecular complexity index is 550. The first kappa shape index (κ1) is 14.2. The largest absolute Gasteiger partial charge is 0.379 e. The van der Waals surface area contributed by atoms with Crippen molar-refractivity contribution in [2.75, 3.05) is 5.32 Å². The molecular weight excluding hydrogens is 401 g/mol. The molecular formula is C13H9Br2Cl2N. The van der Waals surface area contributed by atoms with Crippen LogP contribution in [0, 0.1) is 0 Å². The summed E-state index contributed by atoms with van der Waals surface area (Å²) in [6.07, 6.45) is 0. The van der Waals surface area contributed by atoms with Crippen molar-refractivity contribution in [2.45, 2.75) is 6.54 Å². The standard InChI is InChI=1S/C13H9Br2Cl2N/c14-10-5-9(16)6-11(15)13(10)18-7-8-3-1-2-4-12(8)17/h1-6,18H,7H2. The lowest BCUT2D eigenvalue weighted by Crippen LogP contribution is -2.01. The van der Waals surface area contributed by atoms with Crippen molar-refractivity contribution in [1.82, 2.24) is 0 Å². The van der Waals surface area contributed by atoms with Crippen molar-refractivity contribution in [2.24, 2.45) is 0 Å². The summed E-state index contributed by atoms with van der Waals surface area (Å²) in [4.78, 5) is 0. The topological polar surface area (TPSA) is 12.0 Å². The molecule has 2 aromatic rings. The summed E-state index contributed by atoms with van der Waals surface area (Å²) in [5, 5.41) is 4.76. The predicted molar refractivity (Wildman–Crippen MR) is 85.6 cm³/mol. The van der Waals surface area contributed by atoms with E-state index in [9.17, 15) is 0 Å². The van der Waals surface area contributed by atoms with Gasteiger partial charge in [-0.3, -0.25) is 0 Å². The van der Waals surface area contributed by atoms with Gasteiger partial charge >= 0.3 is 0 Å². The number of rotatable bonds is 3. The van der Waals surface area contributed by atoms with Gasteiger partial charge in [0, 0.05) is 25.5 Å². The van der Waals surface area contributed by atoms with Gasteiger partial charge in [0.25, 0.3) is 0 Å². The van der Waals surface area contributed by atoms with Crippen LogP contribution in [0.3, 0.4) is 0 Å². The maximum atomic E-state index is 6.11. The Morgan fingerprint density at radius 1 is 1.00 bits per heavy atom. The fourth-order valence-electron chi connectivity index (χ4n) is 1.54. The predicted octanol–water partition coefficient (Wildman–Crippen LogP) is 6.13. The maximum Gasteiger partial charge on any atom is 0.0632 e. The molecule has 0 aliphatic heterocycles. The Kier molecular flexibility index (Phi) is 4.96. The Labute approximate surface area is 133 Å². The number of hydrogen-bond donors (Lipinski definition) is 1. The molecule has 0 saturated carbocycles. The van der Waals surface area contributed by atoms with Crippen LogP contribution in [0.25, 0.3) is 0 Å². The average molecular weight is 410 g/mol. The molecule has 1 N–H and O–H groups in total. The van der Waals surface area contributed by atoms with E-state index in [1.165, 1.54) is 0 Å². The molecule has 0 unspecified atom stereocenters. The molecule has 0 aliphatic rings. The van der Waals surface area contributed by atoms with Crippen molar-refractivity contribution in [1.29, 1.82) is 0 Å². The quantitative estimate of drug-likeness (QED) is 0.642. The van der Waals surface area contributed by atoms with Crippen LogP contribution in [0.5, 0.6) is 0 Å². The third kappa shape index (κ3) is 3.41. The van der Waals surface area contributed by atoms with Gasteiger partial charge in [0.15, 0.2) is 0 Å². The molecule has 5 heteroatoms. The molecule has 0 atom stereocenters. The molecule has 0 aliphatic carbocycles. The van der Waals surface area contributed by atoms with Crippen LogP contribution in [-0.2, 0) is 6.54 Å². The minimum Gasteiger partial charge on any atom is -0.379 e. The summed E-state index contributed by atoms with van der Waals surface area (Å²) in [6, 6.07) is 11.5. The summed E-state index contributed by atoms with van der Waals surface area (Å²) in [5.41, 5.74) is 2.01. The summed E-state index contributed by atoms with van der Waals surface area (Å²) in [5.74, 6) is 0. The second kappa shape index (κ2) is 6.29. The van der Waals surface area contributed by atoms with Crippen LogP contribution in [0.2, 0.25) is 10.0 Å². The second-order valence-corrected chi connectivity index (χ2v) is 6.24. The summed E-state index contributed by atoms with van der Waals surface area (Å²) >= 11 is 19.0. The molecule has 94 valence electrons. The van der Waals surface area contributed by atoms with Crippen molar-refractivity contribution in [3.8, 4) is 0 Å². The number of halogens is 4. The van der Waals surface area contributed by atoms with Gasteiger partial charge in [0.05, 0.1) is 5.69 Å². The number of anilines is 1.